The standard InChI is InChI=1S/C20H21ClF2N4O3S/c21-14-8-15(22)12(7-16(14)23)19-25-17-10-31(29,30)9-13(17)20(26-19)27-5-3-11(4-6-27)1-2-18(24)28/h7-8,11H,1-6,9-10H2,(H2,24,28). The van der Waals surface area contributed by atoms with Gasteiger partial charge in [0, 0.05) is 25.1 Å². The predicted octanol–water partition coefficient (Wildman–Crippen LogP) is 2.99. The van der Waals surface area contributed by atoms with E-state index in [1.54, 1.807) is 0 Å². The minimum Gasteiger partial charge on any atom is -0.370 e. The minimum absolute atomic E-state index is 0.0743. The summed E-state index contributed by atoms with van der Waals surface area (Å²) in [6.07, 6.45) is 2.62. The van der Waals surface area contributed by atoms with E-state index < -0.39 is 21.5 Å². The topological polar surface area (TPSA) is 106 Å². The van der Waals surface area contributed by atoms with Gasteiger partial charge in [0.15, 0.2) is 15.7 Å². The molecule has 0 spiro atoms. The second-order valence-corrected chi connectivity index (χ2v) is 10.5. The van der Waals surface area contributed by atoms with Crippen LogP contribution in [0.4, 0.5) is 14.6 Å². The number of rotatable bonds is 5. The number of carbonyl (C=O) groups is 1. The molecule has 31 heavy (non-hydrogen) atoms. The Hall–Kier alpha value is -2.33. The Morgan fingerprint density at radius 1 is 1.16 bits per heavy atom. The third kappa shape index (κ3) is 4.64. The highest BCUT2D eigenvalue weighted by Gasteiger charge is 2.33. The van der Waals surface area contributed by atoms with Crippen molar-refractivity contribution in [3.05, 3.63) is 40.0 Å². The molecule has 2 aliphatic heterocycles. The summed E-state index contributed by atoms with van der Waals surface area (Å²) in [5.41, 5.74) is 5.87. The summed E-state index contributed by atoms with van der Waals surface area (Å²) in [6, 6.07) is 1.77. The highest BCUT2D eigenvalue weighted by Crippen LogP contribution is 2.36. The van der Waals surface area contributed by atoms with Gasteiger partial charge < -0.3 is 10.6 Å². The Labute approximate surface area is 183 Å². The highest BCUT2D eigenvalue weighted by molar-refractivity contribution is 7.90. The van der Waals surface area contributed by atoms with Crippen LogP contribution < -0.4 is 10.6 Å². The summed E-state index contributed by atoms with van der Waals surface area (Å²) in [5, 5.41) is -0.358. The molecule has 2 N–H and O–H groups in total. The van der Waals surface area contributed by atoms with Gasteiger partial charge in [0.05, 0.1) is 27.8 Å². The molecule has 2 aliphatic rings. The molecule has 0 unspecified atom stereocenters. The number of nitrogens with zero attached hydrogens (tertiary/aromatic N) is 3. The third-order valence-electron chi connectivity index (χ3n) is 5.76. The number of primary amides is 1. The fourth-order valence-electron chi connectivity index (χ4n) is 4.12. The number of anilines is 1. The number of amides is 1. The summed E-state index contributed by atoms with van der Waals surface area (Å²) in [5.74, 6) is -1.68. The summed E-state index contributed by atoms with van der Waals surface area (Å²) < 4.78 is 53.0. The molecule has 0 atom stereocenters. The van der Waals surface area contributed by atoms with Gasteiger partial charge in [-0.15, -0.1) is 0 Å². The van der Waals surface area contributed by atoms with Crippen molar-refractivity contribution in [1.29, 1.82) is 0 Å². The van der Waals surface area contributed by atoms with E-state index in [1.807, 2.05) is 4.90 Å². The first-order valence-electron chi connectivity index (χ1n) is 9.91. The van der Waals surface area contributed by atoms with E-state index in [0.29, 0.717) is 48.9 Å². The van der Waals surface area contributed by atoms with Crippen molar-refractivity contribution >= 4 is 33.2 Å². The fourth-order valence-corrected chi connectivity index (χ4v) is 5.76. The lowest BCUT2D eigenvalue weighted by Gasteiger charge is -2.33. The number of carbonyl (C=O) groups excluding carboxylic acids is 1. The fraction of sp³-hybridized carbons (Fsp3) is 0.450. The van der Waals surface area contributed by atoms with Crippen LogP contribution in [-0.4, -0.2) is 37.4 Å². The van der Waals surface area contributed by atoms with Crippen LogP contribution in [0.3, 0.4) is 0 Å². The lowest BCUT2D eigenvalue weighted by atomic mass is 9.92. The Bertz CT molecular complexity index is 1150. The molecule has 0 aliphatic carbocycles. The summed E-state index contributed by atoms with van der Waals surface area (Å²) in [4.78, 5) is 21.7. The summed E-state index contributed by atoms with van der Waals surface area (Å²) >= 11 is 5.64. The van der Waals surface area contributed by atoms with Crippen molar-refractivity contribution in [2.75, 3.05) is 18.0 Å². The number of fused-ring (bicyclic) bond motifs is 1. The van der Waals surface area contributed by atoms with Gasteiger partial charge in [-0.25, -0.2) is 27.2 Å². The van der Waals surface area contributed by atoms with Crippen LogP contribution in [0.2, 0.25) is 5.02 Å². The van der Waals surface area contributed by atoms with Crippen LogP contribution in [0.1, 0.15) is 36.9 Å². The molecule has 1 aromatic heterocycles. The molecular weight excluding hydrogens is 450 g/mol. The zero-order valence-electron chi connectivity index (χ0n) is 16.6. The van der Waals surface area contributed by atoms with Crippen LogP contribution in [0.5, 0.6) is 0 Å². The Balaban J connectivity index is 1.69. The number of nitrogens with two attached hydrogens (primary N) is 1. The number of benzene rings is 1. The average molecular weight is 471 g/mol. The van der Waals surface area contributed by atoms with Gasteiger partial charge in [-0.2, -0.15) is 0 Å². The van der Waals surface area contributed by atoms with Crippen LogP contribution in [0.15, 0.2) is 12.1 Å². The van der Waals surface area contributed by atoms with Crippen molar-refractivity contribution in [3.63, 3.8) is 0 Å². The third-order valence-corrected chi connectivity index (χ3v) is 7.49. The van der Waals surface area contributed by atoms with Crippen LogP contribution in [0.25, 0.3) is 11.4 Å². The second-order valence-electron chi connectivity index (χ2n) is 8.01. The summed E-state index contributed by atoms with van der Waals surface area (Å²) in [6.45, 7) is 1.20. The van der Waals surface area contributed by atoms with Gasteiger partial charge in [-0.1, -0.05) is 11.6 Å². The second kappa shape index (κ2) is 8.31. The largest absolute Gasteiger partial charge is 0.370 e. The van der Waals surface area contributed by atoms with Gasteiger partial charge in [0.25, 0.3) is 0 Å². The predicted molar refractivity (Wildman–Crippen MR) is 112 cm³/mol. The van der Waals surface area contributed by atoms with Gasteiger partial charge in [-0.3, -0.25) is 4.79 Å². The lowest BCUT2D eigenvalue weighted by molar-refractivity contribution is -0.118. The number of piperidine rings is 1. The van der Waals surface area contributed by atoms with E-state index in [2.05, 4.69) is 9.97 Å². The SMILES string of the molecule is NC(=O)CCC1CCN(c2nc(-c3cc(F)c(Cl)cc3F)nc3c2CS(=O)(=O)C3)CC1. The number of hydrogen-bond acceptors (Lipinski definition) is 6. The summed E-state index contributed by atoms with van der Waals surface area (Å²) in [7, 11) is -3.39. The molecular formula is C20H21ClF2N4O3S. The molecule has 11 heteroatoms. The van der Waals surface area contributed by atoms with E-state index in [1.165, 1.54) is 0 Å². The normalized spacial score (nSPS) is 18.2. The minimum atomic E-state index is -3.39. The molecule has 1 amide bonds. The van der Waals surface area contributed by atoms with Crippen LogP contribution >= 0.6 is 11.6 Å². The molecule has 3 heterocycles. The van der Waals surface area contributed by atoms with Gasteiger partial charge in [0.2, 0.25) is 5.91 Å². The Morgan fingerprint density at radius 2 is 1.87 bits per heavy atom. The maximum Gasteiger partial charge on any atom is 0.217 e. The number of sulfone groups is 1. The van der Waals surface area contributed by atoms with Crippen LogP contribution in [-0.2, 0) is 26.1 Å². The molecule has 4 rings (SSSR count). The van der Waals surface area contributed by atoms with Crippen molar-refractivity contribution in [2.45, 2.75) is 37.2 Å². The number of halogens is 3. The number of aromatic nitrogens is 2. The zero-order valence-corrected chi connectivity index (χ0v) is 18.1. The molecule has 0 bridgehead atoms. The van der Waals surface area contributed by atoms with Gasteiger partial charge in [-0.05, 0) is 37.3 Å². The molecule has 1 saturated heterocycles. The molecule has 1 fully saturated rings. The van der Waals surface area contributed by atoms with Crippen molar-refractivity contribution in [2.24, 2.45) is 11.7 Å². The lowest BCUT2D eigenvalue weighted by Crippen LogP contribution is -2.35. The van der Waals surface area contributed by atoms with E-state index >= 15 is 0 Å². The molecule has 7 nitrogen and oxygen atoms in total. The quantitative estimate of drug-likeness (QED) is 0.673. The van der Waals surface area contributed by atoms with Gasteiger partial charge >= 0.3 is 0 Å². The van der Waals surface area contributed by atoms with Crippen LogP contribution in [0, 0.1) is 17.6 Å². The van der Waals surface area contributed by atoms with Crippen molar-refractivity contribution in [1.82, 2.24) is 9.97 Å². The Kier molecular flexibility index (Phi) is 5.87. The van der Waals surface area contributed by atoms with E-state index in [-0.39, 0.29) is 33.8 Å². The van der Waals surface area contributed by atoms with Crippen molar-refractivity contribution in [3.8, 4) is 11.4 Å². The smallest absolute Gasteiger partial charge is 0.217 e. The first kappa shape index (κ1) is 21.9. The molecule has 2 aromatic rings. The monoisotopic (exact) mass is 470 g/mol. The van der Waals surface area contributed by atoms with Gasteiger partial charge in [0.1, 0.15) is 17.5 Å². The van der Waals surface area contributed by atoms with Crippen molar-refractivity contribution < 1.29 is 22.0 Å². The highest BCUT2D eigenvalue weighted by atomic mass is 35.5. The maximum absolute atomic E-state index is 14.5. The molecule has 1 aromatic carbocycles. The van der Waals surface area contributed by atoms with E-state index in [0.717, 1.165) is 25.0 Å². The first-order valence-corrected chi connectivity index (χ1v) is 12.1. The molecule has 0 radical (unpaired) electrons. The Morgan fingerprint density at radius 3 is 2.55 bits per heavy atom. The van der Waals surface area contributed by atoms with E-state index in [4.69, 9.17) is 17.3 Å². The first-order chi connectivity index (χ1) is 14.6. The van der Waals surface area contributed by atoms with E-state index in [9.17, 15) is 22.0 Å². The number of hydrogen-bond donors (Lipinski definition) is 1. The average Bonchev–Trinajstić information content (AvgIpc) is 3.02. The molecule has 166 valence electrons. The molecule has 0 saturated carbocycles. The maximum atomic E-state index is 14.5. The zero-order chi connectivity index (χ0) is 22.3.